The second-order valence-corrected chi connectivity index (χ2v) is 2.89. The van der Waals surface area contributed by atoms with E-state index in [2.05, 4.69) is 0 Å². The van der Waals surface area contributed by atoms with Crippen molar-refractivity contribution in [3.8, 4) is 0 Å². The first-order valence-electron chi connectivity index (χ1n) is 4.88. The molecule has 0 radical (unpaired) electrons. The first kappa shape index (κ1) is 19.0. The Kier molecular flexibility index (Phi) is 12.8. The maximum absolute atomic E-state index is 10.2. The zero-order chi connectivity index (χ0) is 13.1. The van der Waals surface area contributed by atoms with Crippen LogP contribution < -0.4 is 29.6 Å². The number of aromatic carboxylic acids is 1. The van der Waals surface area contributed by atoms with Crippen molar-refractivity contribution < 1.29 is 50.8 Å². The van der Waals surface area contributed by atoms with Gasteiger partial charge in [-0.2, -0.15) is 0 Å². The normalized spacial score (nSPS) is 9.39. The van der Waals surface area contributed by atoms with Crippen LogP contribution in [0.5, 0.6) is 0 Å². The van der Waals surface area contributed by atoms with Crippen LogP contribution in [0.1, 0.15) is 18.7 Å². The minimum absolute atomic E-state index is 0. The number of benzene rings is 1. The summed E-state index contributed by atoms with van der Waals surface area (Å²) in [7, 11) is 0. The third kappa shape index (κ3) is 11.1. The van der Waals surface area contributed by atoms with Gasteiger partial charge in [0.05, 0.1) is 5.56 Å². The second kappa shape index (κ2) is 12.1. The van der Waals surface area contributed by atoms with Gasteiger partial charge in [0.1, 0.15) is 0 Å². The average molecular weight is 258 g/mol. The predicted octanol–water partition coefficient (Wildman–Crippen LogP) is -0.295. The number of carboxylic acid groups (broad SMARTS) is 2. The van der Waals surface area contributed by atoms with E-state index in [9.17, 15) is 9.59 Å². The number of rotatable bonds is 3. The summed E-state index contributed by atoms with van der Waals surface area (Å²) >= 11 is 0. The zero-order valence-electron chi connectivity index (χ0n) is 11.4. The van der Waals surface area contributed by atoms with Gasteiger partial charge in [0.2, 0.25) is 0 Å². The van der Waals surface area contributed by atoms with Gasteiger partial charge < -0.3 is 11.6 Å². The van der Waals surface area contributed by atoms with E-state index >= 15 is 0 Å². The molecular formula is C13H15NaO4. The summed E-state index contributed by atoms with van der Waals surface area (Å²) in [5, 5.41) is 16.4. The Morgan fingerprint density at radius 3 is 2.00 bits per heavy atom. The van der Waals surface area contributed by atoms with Crippen LogP contribution in [-0.4, -0.2) is 22.2 Å². The van der Waals surface area contributed by atoms with Crippen molar-refractivity contribution in [2.45, 2.75) is 6.92 Å². The molecule has 18 heavy (non-hydrogen) atoms. The summed E-state index contributed by atoms with van der Waals surface area (Å²) in [4.78, 5) is 20.0. The molecule has 0 bridgehead atoms. The fraction of sp³-hybridized carbons (Fsp3) is 0.0769. The monoisotopic (exact) mass is 258 g/mol. The molecule has 0 fully saturated rings. The molecule has 5 heteroatoms. The van der Waals surface area contributed by atoms with Crippen LogP contribution >= 0.6 is 0 Å². The molecule has 0 heterocycles. The summed E-state index contributed by atoms with van der Waals surface area (Å²) in [6, 6.07) is 8.30. The van der Waals surface area contributed by atoms with Crippen molar-refractivity contribution in [2.24, 2.45) is 0 Å². The quantitative estimate of drug-likeness (QED) is 0.443. The zero-order valence-corrected chi connectivity index (χ0v) is 12.4. The number of carboxylic acids is 2. The SMILES string of the molecule is C/C=C/C=C/C(=O)O.O=C(O)c1ccccc1.[H-].[Na+]. The minimum Gasteiger partial charge on any atom is -1.00 e. The Morgan fingerprint density at radius 2 is 1.67 bits per heavy atom. The maximum Gasteiger partial charge on any atom is 1.00 e. The number of aliphatic carboxylic acids is 1. The van der Waals surface area contributed by atoms with E-state index in [1.54, 1.807) is 42.5 Å². The smallest absolute Gasteiger partial charge is 1.00 e. The topological polar surface area (TPSA) is 74.6 Å². The van der Waals surface area contributed by atoms with Gasteiger partial charge in [-0.05, 0) is 19.1 Å². The number of carbonyl (C=O) groups is 2. The van der Waals surface area contributed by atoms with E-state index in [0.717, 1.165) is 6.08 Å². The molecule has 0 aliphatic carbocycles. The van der Waals surface area contributed by atoms with Crippen LogP contribution in [0.15, 0.2) is 54.6 Å². The van der Waals surface area contributed by atoms with Crippen molar-refractivity contribution in [1.29, 1.82) is 0 Å². The fourth-order valence-corrected chi connectivity index (χ4v) is 0.830. The summed E-state index contributed by atoms with van der Waals surface area (Å²) in [6.07, 6.45) is 5.98. The molecule has 92 valence electrons. The molecular weight excluding hydrogens is 243 g/mol. The van der Waals surface area contributed by atoms with Crippen LogP contribution in [0.25, 0.3) is 0 Å². The predicted molar refractivity (Wildman–Crippen MR) is 66.1 cm³/mol. The Balaban J connectivity index is -0.000000246. The first-order chi connectivity index (χ1) is 8.07. The minimum atomic E-state index is -0.914. The van der Waals surface area contributed by atoms with Crippen molar-refractivity contribution >= 4 is 11.9 Å². The largest absolute Gasteiger partial charge is 1.00 e. The summed E-state index contributed by atoms with van der Waals surface area (Å²) < 4.78 is 0. The van der Waals surface area contributed by atoms with Gasteiger partial charge in [0.25, 0.3) is 0 Å². The van der Waals surface area contributed by atoms with Gasteiger partial charge in [-0.1, -0.05) is 36.4 Å². The number of hydrogen-bond donors (Lipinski definition) is 2. The molecule has 1 aromatic carbocycles. The Morgan fingerprint density at radius 1 is 1.11 bits per heavy atom. The van der Waals surface area contributed by atoms with Gasteiger partial charge in [-0.3, -0.25) is 0 Å². The van der Waals surface area contributed by atoms with E-state index in [1.165, 1.54) is 6.08 Å². The molecule has 1 aromatic rings. The molecule has 0 spiro atoms. The third-order valence-electron chi connectivity index (χ3n) is 1.56. The van der Waals surface area contributed by atoms with Crippen LogP contribution in [0.2, 0.25) is 0 Å². The standard InChI is InChI=1S/C7H6O2.C6H8O2.Na.H/c8-7(9)6-4-2-1-3-5-6;1-2-3-4-5-6(7)8;;/h1-5H,(H,8,9);2-5H,1H3,(H,7,8);;/q;;+1;-1/b;3-2+,5-4+;;. The third-order valence-corrected chi connectivity index (χ3v) is 1.56. The molecule has 0 aromatic heterocycles. The van der Waals surface area contributed by atoms with E-state index in [0.29, 0.717) is 5.56 Å². The Labute approximate surface area is 129 Å². The molecule has 0 aliphatic heterocycles. The van der Waals surface area contributed by atoms with Crippen molar-refractivity contribution in [2.75, 3.05) is 0 Å². The van der Waals surface area contributed by atoms with Crippen LogP contribution in [0, 0.1) is 0 Å². The molecule has 0 amide bonds. The molecule has 0 aliphatic rings. The molecule has 2 N–H and O–H groups in total. The van der Waals surface area contributed by atoms with E-state index in [-0.39, 0.29) is 31.0 Å². The summed E-state index contributed by atoms with van der Waals surface area (Å²) in [5.74, 6) is -1.79. The average Bonchev–Trinajstić information content (AvgIpc) is 2.31. The van der Waals surface area contributed by atoms with Crippen LogP contribution in [0.4, 0.5) is 0 Å². The summed E-state index contributed by atoms with van der Waals surface area (Å²) in [6.45, 7) is 1.83. The van der Waals surface area contributed by atoms with Crippen LogP contribution in [0.3, 0.4) is 0 Å². The molecule has 0 unspecified atom stereocenters. The first-order valence-corrected chi connectivity index (χ1v) is 4.88. The molecule has 0 atom stereocenters. The fourth-order valence-electron chi connectivity index (χ4n) is 0.830. The van der Waals surface area contributed by atoms with Crippen molar-refractivity contribution in [3.63, 3.8) is 0 Å². The van der Waals surface area contributed by atoms with E-state index < -0.39 is 11.9 Å². The summed E-state index contributed by atoms with van der Waals surface area (Å²) in [5.41, 5.74) is 0.331. The van der Waals surface area contributed by atoms with Gasteiger partial charge in [-0.25, -0.2) is 9.59 Å². The Bertz CT molecular complexity index is 416. The van der Waals surface area contributed by atoms with Crippen LogP contribution in [-0.2, 0) is 4.79 Å². The number of hydrogen-bond acceptors (Lipinski definition) is 2. The van der Waals surface area contributed by atoms with E-state index in [4.69, 9.17) is 10.2 Å². The molecule has 4 nitrogen and oxygen atoms in total. The second-order valence-electron chi connectivity index (χ2n) is 2.89. The molecule has 0 saturated heterocycles. The Hall–Kier alpha value is -1.36. The number of allylic oxidation sites excluding steroid dienone is 3. The van der Waals surface area contributed by atoms with Crippen molar-refractivity contribution in [1.82, 2.24) is 0 Å². The molecule has 1 rings (SSSR count). The van der Waals surface area contributed by atoms with Gasteiger partial charge in [-0.15, -0.1) is 0 Å². The van der Waals surface area contributed by atoms with Gasteiger partial charge >= 0.3 is 41.5 Å². The van der Waals surface area contributed by atoms with Crippen molar-refractivity contribution in [3.05, 3.63) is 60.2 Å². The maximum atomic E-state index is 10.2. The van der Waals surface area contributed by atoms with Gasteiger partial charge in [0.15, 0.2) is 0 Å². The van der Waals surface area contributed by atoms with E-state index in [1.807, 2.05) is 6.92 Å². The molecule has 0 saturated carbocycles. The van der Waals surface area contributed by atoms with Gasteiger partial charge in [0, 0.05) is 6.08 Å².